The lowest BCUT2D eigenvalue weighted by atomic mass is 10.2. The highest BCUT2D eigenvalue weighted by atomic mass is 127. The number of primary amides is 1. The number of carboxylic acids is 1. The van der Waals surface area contributed by atoms with Gasteiger partial charge in [-0.15, -0.1) is 4.83 Å². The number of benzene rings is 1. The smallest absolute Gasteiger partial charge is 0.322 e. The zero-order valence-corrected chi connectivity index (χ0v) is 13.0. The Morgan fingerprint density at radius 3 is 2.30 bits per heavy atom. The molecule has 5 N–H and O–H groups in total. The zero-order chi connectivity index (χ0) is 15.3. The number of hydrazine groups is 1. The number of sulfonamides is 1. The molecule has 20 heavy (non-hydrogen) atoms. The van der Waals surface area contributed by atoms with Crippen LogP contribution in [0.15, 0.2) is 29.2 Å². The summed E-state index contributed by atoms with van der Waals surface area (Å²) in [5, 5.41) is 8.82. The maximum atomic E-state index is 11.9. The van der Waals surface area contributed by atoms with E-state index < -0.39 is 34.4 Å². The maximum absolute atomic E-state index is 11.9. The van der Waals surface area contributed by atoms with Gasteiger partial charge in [0.25, 0.3) is 10.0 Å². The van der Waals surface area contributed by atoms with Gasteiger partial charge in [0.1, 0.15) is 6.04 Å². The van der Waals surface area contributed by atoms with E-state index in [0.29, 0.717) is 0 Å². The van der Waals surface area contributed by atoms with Crippen molar-refractivity contribution in [3.63, 3.8) is 0 Å². The van der Waals surface area contributed by atoms with Gasteiger partial charge < -0.3 is 10.8 Å². The molecular formula is C10H12IN3O5S. The van der Waals surface area contributed by atoms with Gasteiger partial charge in [0.15, 0.2) is 0 Å². The Kier molecular flexibility index (Phi) is 5.86. The summed E-state index contributed by atoms with van der Waals surface area (Å²) in [4.78, 5) is 23.4. The minimum absolute atomic E-state index is 0.0337. The SMILES string of the molecule is NC(=O)C[C@H](NNS(=O)(=O)c1ccc(I)cc1)C(=O)O. The topological polar surface area (TPSA) is 139 Å². The molecule has 0 bridgehead atoms. The Hall–Kier alpha value is -1.24. The van der Waals surface area contributed by atoms with E-state index >= 15 is 0 Å². The number of hydrogen-bond acceptors (Lipinski definition) is 5. The van der Waals surface area contributed by atoms with Gasteiger partial charge in [0.2, 0.25) is 5.91 Å². The van der Waals surface area contributed by atoms with Gasteiger partial charge in [0.05, 0.1) is 11.3 Å². The highest BCUT2D eigenvalue weighted by Gasteiger charge is 2.22. The highest BCUT2D eigenvalue weighted by molar-refractivity contribution is 14.1. The number of carbonyl (C=O) groups is 2. The summed E-state index contributed by atoms with van der Waals surface area (Å²) in [6, 6.07) is 4.48. The molecule has 0 heterocycles. The summed E-state index contributed by atoms with van der Waals surface area (Å²) in [6.07, 6.45) is -0.537. The summed E-state index contributed by atoms with van der Waals surface area (Å²) >= 11 is 2.02. The van der Waals surface area contributed by atoms with Gasteiger partial charge in [-0.2, -0.15) is 0 Å². The van der Waals surface area contributed by atoms with E-state index in [1.807, 2.05) is 27.4 Å². The van der Waals surface area contributed by atoms with Gasteiger partial charge in [-0.25, -0.2) is 13.8 Å². The first kappa shape index (κ1) is 16.8. The summed E-state index contributed by atoms with van der Waals surface area (Å²) in [5.74, 6) is -2.26. The van der Waals surface area contributed by atoms with Crippen LogP contribution in [0.4, 0.5) is 0 Å². The molecule has 10 heteroatoms. The van der Waals surface area contributed by atoms with Crippen LogP contribution >= 0.6 is 22.6 Å². The van der Waals surface area contributed by atoms with E-state index in [-0.39, 0.29) is 4.90 Å². The molecule has 1 amide bonds. The van der Waals surface area contributed by atoms with Gasteiger partial charge in [-0.3, -0.25) is 9.59 Å². The molecule has 8 nitrogen and oxygen atoms in total. The molecule has 1 aromatic carbocycles. The molecule has 0 aliphatic rings. The highest BCUT2D eigenvalue weighted by Crippen LogP contribution is 2.11. The van der Waals surface area contributed by atoms with Crippen LogP contribution in [0.25, 0.3) is 0 Å². The van der Waals surface area contributed by atoms with E-state index in [0.717, 1.165) is 3.57 Å². The summed E-state index contributed by atoms with van der Waals surface area (Å²) in [5.41, 5.74) is 6.94. The first-order valence-corrected chi connectivity index (χ1v) is 7.82. The molecule has 1 aromatic rings. The van der Waals surface area contributed by atoms with E-state index in [2.05, 4.69) is 5.43 Å². The van der Waals surface area contributed by atoms with Crippen molar-refractivity contribution in [3.05, 3.63) is 27.8 Å². The van der Waals surface area contributed by atoms with Crippen molar-refractivity contribution in [2.75, 3.05) is 0 Å². The molecule has 110 valence electrons. The number of halogens is 1. The number of nitrogens with one attached hydrogen (secondary N) is 2. The first-order valence-electron chi connectivity index (χ1n) is 5.26. The fraction of sp³-hybridized carbons (Fsp3) is 0.200. The number of aliphatic carboxylic acids is 1. The van der Waals surface area contributed by atoms with Crippen LogP contribution in [0.2, 0.25) is 0 Å². The zero-order valence-electron chi connectivity index (χ0n) is 10.0. The Morgan fingerprint density at radius 2 is 1.85 bits per heavy atom. The third kappa shape index (κ3) is 5.03. The van der Waals surface area contributed by atoms with E-state index in [4.69, 9.17) is 10.8 Å². The summed E-state index contributed by atoms with van der Waals surface area (Å²) < 4.78 is 24.6. The van der Waals surface area contributed by atoms with Crippen molar-refractivity contribution >= 4 is 44.5 Å². The van der Waals surface area contributed by atoms with Crippen LogP contribution < -0.4 is 16.0 Å². The Bertz CT molecular complexity index is 602. The molecule has 0 aromatic heterocycles. The predicted molar refractivity (Wildman–Crippen MR) is 77.9 cm³/mol. The number of amides is 1. The van der Waals surface area contributed by atoms with Crippen LogP contribution in [-0.4, -0.2) is 31.4 Å². The number of carbonyl (C=O) groups excluding carboxylic acids is 1. The average molecular weight is 413 g/mol. The van der Waals surface area contributed by atoms with Crippen molar-refractivity contribution < 1.29 is 23.1 Å². The minimum atomic E-state index is -3.92. The fourth-order valence-electron chi connectivity index (χ4n) is 1.22. The van der Waals surface area contributed by atoms with Crippen molar-refractivity contribution in [2.45, 2.75) is 17.4 Å². The van der Waals surface area contributed by atoms with Crippen LogP contribution in [0.5, 0.6) is 0 Å². The second-order valence-corrected chi connectivity index (χ2v) is 6.69. The Morgan fingerprint density at radius 1 is 1.30 bits per heavy atom. The summed E-state index contributed by atoms with van der Waals surface area (Å²) in [6.45, 7) is 0. The molecule has 0 aliphatic carbocycles. The Labute approximate surface area is 128 Å². The molecule has 1 rings (SSSR count). The monoisotopic (exact) mass is 413 g/mol. The van der Waals surface area contributed by atoms with Crippen LogP contribution in [0.1, 0.15) is 6.42 Å². The molecule has 0 aliphatic heterocycles. The third-order valence-corrected chi connectivity index (χ3v) is 4.19. The number of hydrogen-bond donors (Lipinski definition) is 4. The quantitative estimate of drug-likeness (QED) is 0.348. The predicted octanol–water partition coefficient (Wildman–Crippen LogP) is -0.597. The first-order chi connectivity index (χ1) is 9.22. The second kappa shape index (κ2) is 6.97. The lowest BCUT2D eigenvalue weighted by Crippen LogP contribution is -2.49. The van der Waals surface area contributed by atoms with Gasteiger partial charge in [-0.1, -0.05) is 0 Å². The van der Waals surface area contributed by atoms with Crippen molar-refractivity contribution in [2.24, 2.45) is 5.73 Å². The number of carboxylic acid groups (broad SMARTS) is 1. The molecule has 0 unspecified atom stereocenters. The van der Waals surface area contributed by atoms with Gasteiger partial charge in [0, 0.05) is 3.57 Å². The molecule has 0 saturated heterocycles. The van der Waals surface area contributed by atoms with Gasteiger partial charge in [-0.05, 0) is 46.9 Å². The lowest BCUT2D eigenvalue weighted by molar-refractivity contribution is -0.141. The molecule has 0 radical (unpaired) electrons. The van der Waals surface area contributed by atoms with Crippen LogP contribution in [0, 0.1) is 3.57 Å². The number of rotatable bonds is 7. The van der Waals surface area contributed by atoms with Crippen molar-refractivity contribution in [1.82, 2.24) is 10.3 Å². The van der Waals surface area contributed by atoms with Gasteiger partial charge >= 0.3 is 5.97 Å². The summed E-state index contributed by atoms with van der Waals surface area (Å²) in [7, 11) is -3.92. The normalized spacial score (nSPS) is 12.8. The third-order valence-electron chi connectivity index (χ3n) is 2.19. The molecule has 0 fully saturated rings. The van der Waals surface area contributed by atoms with Crippen molar-refractivity contribution in [3.8, 4) is 0 Å². The molecule has 1 atom stereocenters. The molecule has 0 spiro atoms. The lowest BCUT2D eigenvalue weighted by Gasteiger charge is -2.14. The van der Waals surface area contributed by atoms with E-state index in [9.17, 15) is 18.0 Å². The standard InChI is InChI=1S/C10H12IN3O5S/c11-6-1-3-7(4-2-6)20(18,19)14-13-8(10(16)17)5-9(12)15/h1-4,8,13-14H,5H2,(H2,12,15)(H,16,17)/t8-/m0/s1. The fourth-order valence-corrected chi connectivity index (χ4v) is 2.49. The van der Waals surface area contributed by atoms with Crippen LogP contribution in [0.3, 0.4) is 0 Å². The number of nitrogens with two attached hydrogens (primary N) is 1. The molecular weight excluding hydrogens is 401 g/mol. The maximum Gasteiger partial charge on any atom is 0.322 e. The van der Waals surface area contributed by atoms with E-state index in [1.54, 1.807) is 12.1 Å². The molecule has 0 saturated carbocycles. The largest absolute Gasteiger partial charge is 0.480 e. The van der Waals surface area contributed by atoms with E-state index in [1.165, 1.54) is 12.1 Å². The Balaban J connectivity index is 2.78. The second-order valence-electron chi connectivity index (χ2n) is 3.77. The average Bonchev–Trinajstić information content (AvgIpc) is 2.34. The van der Waals surface area contributed by atoms with Crippen LogP contribution in [-0.2, 0) is 19.6 Å². The van der Waals surface area contributed by atoms with Crippen molar-refractivity contribution in [1.29, 1.82) is 0 Å². The minimum Gasteiger partial charge on any atom is -0.480 e.